The Labute approximate surface area is 116 Å². The topological polar surface area (TPSA) is 110 Å². The third-order valence-corrected chi connectivity index (χ3v) is 3.80. The number of amides is 3. The fourth-order valence-corrected chi connectivity index (χ4v) is 2.68. The Morgan fingerprint density at radius 3 is 2.80 bits per heavy atom. The molecule has 8 nitrogen and oxygen atoms in total. The lowest BCUT2D eigenvalue weighted by Gasteiger charge is -2.37. The molecule has 2 aliphatic heterocycles. The van der Waals surface area contributed by atoms with E-state index in [2.05, 4.69) is 5.32 Å². The van der Waals surface area contributed by atoms with Crippen molar-refractivity contribution in [2.24, 2.45) is 0 Å². The number of carboxylic acids is 1. The first kappa shape index (κ1) is 14.6. The maximum Gasteiger partial charge on any atom is 0.326 e. The van der Waals surface area contributed by atoms with Crippen LogP contribution >= 0.6 is 0 Å². The quantitative estimate of drug-likeness (QED) is 0.603. The van der Waals surface area contributed by atoms with Crippen molar-refractivity contribution in [2.75, 3.05) is 26.2 Å². The van der Waals surface area contributed by atoms with E-state index in [1.165, 1.54) is 4.90 Å². The van der Waals surface area contributed by atoms with E-state index in [9.17, 15) is 14.4 Å². The van der Waals surface area contributed by atoms with E-state index in [0.717, 1.165) is 6.42 Å². The number of aliphatic hydroxyl groups excluding tert-OH is 1. The van der Waals surface area contributed by atoms with Gasteiger partial charge in [-0.1, -0.05) is 0 Å². The number of aliphatic carboxylic acids is 1. The predicted octanol–water partition coefficient (Wildman–Crippen LogP) is -1.16. The van der Waals surface area contributed by atoms with Crippen LogP contribution in [0.5, 0.6) is 0 Å². The van der Waals surface area contributed by atoms with Gasteiger partial charge in [-0.3, -0.25) is 4.79 Å². The lowest BCUT2D eigenvalue weighted by Crippen LogP contribution is -2.57. The molecule has 1 unspecified atom stereocenters. The van der Waals surface area contributed by atoms with E-state index in [4.69, 9.17) is 10.2 Å². The second-order valence-corrected chi connectivity index (χ2v) is 5.08. The van der Waals surface area contributed by atoms with Crippen molar-refractivity contribution in [1.82, 2.24) is 15.1 Å². The van der Waals surface area contributed by atoms with Crippen LogP contribution in [0.2, 0.25) is 0 Å². The molecule has 2 atom stereocenters. The van der Waals surface area contributed by atoms with Gasteiger partial charge in [0.25, 0.3) is 0 Å². The van der Waals surface area contributed by atoms with Crippen molar-refractivity contribution >= 4 is 17.9 Å². The number of urea groups is 1. The molecule has 0 aliphatic carbocycles. The fourth-order valence-electron chi connectivity index (χ4n) is 2.68. The number of hydrogen-bond donors (Lipinski definition) is 3. The van der Waals surface area contributed by atoms with Crippen molar-refractivity contribution in [3.05, 3.63) is 0 Å². The van der Waals surface area contributed by atoms with Gasteiger partial charge in [0.15, 0.2) is 0 Å². The zero-order chi connectivity index (χ0) is 14.7. The summed E-state index contributed by atoms with van der Waals surface area (Å²) in [6.07, 6.45) is 1.23. The molecule has 0 aromatic heterocycles. The number of aliphatic hydroxyl groups is 1. The molecule has 20 heavy (non-hydrogen) atoms. The Balaban J connectivity index is 1.90. The number of piperazine rings is 1. The zero-order valence-electron chi connectivity index (χ0n) is 11.1. The number of fused-ring (bicyclic) bond motifs is 1. The van der Waals surface area contributed by atoms with Crippen LogP contribution < -0.4 is 5.32 Å². The standard InChI is InChI=1S/C12H19N3O5/c16-6-3-9(11(18)19)13-12(20)14-4-5-15-8(7-14)1-2-10(15)17/h8-9,16H,1-7H2,(H,13,20)(H,18,19)/t8?,9-/m0/s1. The van der Waals surface area contributed by atoms with Gasteiger partial charge in [0.2, 0.25) is 5.91 Å². The Hall–Kier alpha value is -1.83. The molecule has 0 saturated carbocycles. The lowest BCUT2D eigenvalue weighted by molar-refractivity contribution is -0.139. The summed E-state index contributed by atoms with van der Waals surface area (Å²) >= 11 is 0. The summed E-state index contributed by atoms with van der Waals surface area (Å²) in [7, 11) is 0. The first-order chi connectivity index (χ1) is 9.52. The van der Waals surface area contributed by atoms with Crippen molar-refractivity contribution < 1.29 is 24.6 Å². The van der Waals surface area contributed by atoms with E-state index >= 15 is 0 Å². The molecule has 0 bridgehead atoms. The molecule has 0 spiro atoms. The molecule has 0 aromatic carbocycles. The molecule has 2 fully saturated rings. The van der Waals surface area contributed by atoms with Gasteiger partial charge in [0, 0.05) is 45.1 Å². The largest absolute Gasteiger partial charge is 0.480 e. The van der Waals surface area contributed by atoms with Gasteiger partial charge in [0.05, 0.1) is 0 Å². The molecule has 3 amide bonds. The number of carboxylic acid groups (broad SMARTS) is 1. The van der Waals surface area contributed by atoms with E-state index in [1.807, 2.05) is 0 Å². The van der Waals surface area contributed by atoms with Crippen LogP contribution in [-0.2, 0) is 9.59 Å². The normalized spacial score (nSPS) is 23.4. The van der Waals surface area contributed by atoms with Crippen molar-refractivity contribution in [1.29, 1.82) is 0 Å². The Bertz CT molecular complexity index is 414. The summed E-state index contributed by atoms with van der Waals surface area (Å²) in [4.78, 5) is 37.8. The fraction of sp³-hybridized carbons (Fsp3) is 0.750. The molecule has 2 rings (SSSR count). The van der Waals surface area contributed by atoms with Gasteiger partial charge >= 0.3 is 12.0 Å². The third-order valence-electron chi connectivity index (χ3n) is 3.80. The smallest absolute Gasteiger partial charge is 0.326 e. The van der Waals surface area contributed by atoms with Crippen LogP contribution in [0.4, 0.5) is 4.79 Å². The zero-order valence-corrected chi connectivity index (χ0v) is 11.1. The van der Waals surface area contributed by atoms with E-state index in [-0.39, 0.29) is 25.0 Å². The Kier molecular flexibility index (Phi) is 4.43. The second-order valence-electron chi connectivity index (χ2n) is 5.08. The number of rotatable bonds is 4. The van der Waals surface area contributed by atoms with Crippen LogP contribution in [-0.4, -0.2) is 76.2 Å². The summed E-state index contributed by atoms with van der Waals surface area (Å²) in [6, 6.07) is -1.50. The minimum atomic E-state index is -1.16. The van der Waals surface area contributed by atoms with Crippen LogP contribution in [0.1, 0.15) is 19.3 Å². The van der Waals surface area contributed by atoms with Crippen molar-refractivity contribution in [3.8, 4) is 0 Å². The lowest BCUT2D eigenvalue weighted by atomic mass is 10.1. The molecule has 2 heterocycles. The first-order valence-corrected chi connectivity index (χ1v) is 6.71. The Morgan fingerprint density at radius 1 is 1.40 bits per heavy atom. The van der Waals surface area contributed by atoms with Crippen LogP contribution in [0.15, 0.2) is 0 Å². The highest BCUT2D eigenvalue weighted by Gasteiger charge is 2.37. The number of hydrogen-bond acceptors (Lipinski definition) is 4. The molecular weight excluding hydrogens is 266 g/mol. The summed E-state index contributed by atoms with van der Waals surface area (Å²) in [5, 5.41) is 20.1. The van der Waals surface area contributed by atoms with Crippen LogP contribution in [0.3, 0.4) is 0 Å². The highest BCUT2D eigenvalue weighted by molar-refractivity contribution is 5.83. The van der Waals surface area contributed by atoms with Gasteiger partial charge in [-0.15, -0.1) is 0 Å². The SMILES string of the molecule is O=C(O)[C@H](CCO)NC(=O)N1CCN2C(=O)CCC2C1. The molecule has 0 radical (unpaired) electrons. The average molecular weight is 285 g/mol. The monoisotopic (exact) mass is 285 g/mol. The minimum Gasteiger partial charge on any atom is -0.480 e. The highest BCUT2D eigenvalue weighted by atomic mass is 16.4. The molecular formula is C12H19N3O5. The van der Waals surface area contributed by atoms with Crippen LogP contribution in [0, 0.1) is 0 Å². The van der Waals surface area contributed by atoms with E-state index in [0.29, 0.717) is 26.1 Å². The molecule has 8 heteroatoms. The molecule has 0 aromatic rings. The predicted molar refractivity (Wildman–Crippen MR) is 68.0 cm³/mol. The van der Waals surface area contributed by atoms with Gasteiger partial charge in [0.1, 0.15) is 6.04 Å². The molecule has 2 saturated heterocycles. The van der Waals surface area contributed by atoms with Gasteiger partial charge in [-0.2, -0.15) is 0 Å². The van der Waals surface area contributed by atoms with Gasteiger partial charge in [-0.05, 0) is 6.42 Å². The minimum absolute atomic E-state index is 0.0248. The summed E-state index contributed by atoms with van der Waals surface area (Å²) in [6.45, 7) is 1.03. The maximum absolute atomic E-state index is 12.0. The van der Waals surface area contributed by atoms with Crippen molar-refractivity contribution in [2.45, 2.75) is 31.3 Å². The molecule has 112 valence electrons. The van der Waals surface area contributed by atoms with E-state index in [1.54, 1.807) is 4.90 Å². The van der Waals surface area contributed by atoms with E-state index < -0.39 is 18.0 Å². The number of nitrogens with one attached hydrogen (secondary N) is 1. The third kappa shape index (κ3) is 3.01. The maximum atomic E-state index is 12.0. The van der Waals surface area contributed by atoms with Gasteiger partial charge in [-0.25, -0.2) is 9.59 Å². The number of nitrogens with zero attached hydrogens (tertiary/aromatic N) is 2. The van der Waals surface area contributed by atoms with Crippen LogP contribution in [0.25, 0.3) is 0 Å². The number of carbonyl (C=O) groups excluding carboxylic acids is 2. The summed E-state index contributed by atoms with van der Waals surface area (Å²) in [5.74, 6) is -1.04. The average Bonchev–Trinajstić information content (AvgIpc) is 2.79. The highest BCUT2D eigenvalue weighted by Crippen LogP contribution is 2.22. The van der Waals surface area contributed by atoms with Gasteiger partial charge < -0.3 is 25.3 Å². The Morgan fingerprint density at radius 2 is 2.15 bits per heavy atom. The molecule has 2 aliphatic rings. The summed E-state index contributed by atoms with van der Waals surface area (Å²) in [5.41, 5.74) is 0. The molecule has 3 N–H and O–H groups in total. The second kappa shape index (κ2) is 6.08. The first-order valence-electron chi connectivity index (χ1n) is 6.71. The number of carbonyl (C=O) groups is 3. The summed E-state index contributed by atoms with van der Waals surface area (Å²) < 4.78 is 0. The van der Waals surface area contributed by atoms with Crippen molar-refractivity contribution in [3.63, 3.8) is 0 Å².